The minimum Gasteiger partial charge on any atom is -0.444 e. The molecule has 1 aliphatic heterocycles. The molecule has 2 unspecified atom stereocenters. The van der Waals surface area contributed by atoms with Gasteiger partial charge >= 0.3 is 6.09 Å². The predicted molar refractivity (Wildman–Crippen MR) is 139 cm³/mol. The highest BCUT2D eigenvalue weighted by Crippen LogP contribution is 2.47. The summed E-state index contributed by atoms with van der Waals surface area (Å²) in [7, 11) is 0. The Kier molecular flexibility index (Phi) is 6.40. The van der Waals surface area contributed by atoms with Crippen molar-refractivity contribution in [1.29, 1.82) is 5.26 Å². The molecule has 0 N–H and O–H groups in total. The zero-order valence-electron chi connectivity index (χ0n) is 22.0. The Balaban J connectivity index is 1.42. The van der Waals surface area contributed by atoms with E-state index in [1.807, 2.05) is 27.7 Å². The molecule has 0 saturated carbocycles. The molecule has 0 bridgehead atoms. The van der Waals surface area contributed by atoms with Crippen LogP contribution in [0.3, 0.4) is 0 Å². The smallest absolute Gasteiger partial charge is 0.410 e. The van der Waals surface area contributed by atoms with Crippen LogP contribution in [-0.4, -0.2) is 52.2 Å². The standard InChI is InChI=1S/C29H37N5O2/c1-20-31-25-18-29(13-7-9-21-8-5-6-10-24(21)29)14-11-23(25)26(32-20)33-16-17-34(22(19-33)12-15-30)27(35)36-28(2,3)4/h5-6,8,10,22H,7,9,11-14,16-19H2,1-4H3. The summed E-state index contributed by atoms with van der Waals surface area (Å²) in [6, 6.07) is 11.0. The van der Waals surface area contributed by atoms with Crippen LogP contribution in [0.1, 0.15) is 74.7 Å². The van der Waals surface area contributed by atoms with Crippen molar-refractivity contribution in [2.24, 2.45) is 0 Å². The second kappa shape index (κ2) is 9.38. The van der Waals surface area contributed by atoms with Crippen LogP contribution in [0.4, 0.5) is 10.6 Å². The number of amides is 1. The number of anilines is 1. The van der Waals surface area contributed by atoms with Crippen LogP contribution < -0.4 is 4.90 Å². The number of hydrogen-bond donors (Lipinski definition) is 0. The molecule has 1 aromatic heterocycles. The number of aromatic nitrogens is 2. The molecule has 2 atom stereocenters. The molecule has 2 heterocycles. The first-order valence-electron chi connectivity index (χ1n) is 13.3. The molecule has 1 aromatic carbocycles. The number of hydrogen-bond acceptors (Lipinski definition) is 6. The Morgan fingerprint density at radius 2 is 2.00 bits per heavy atom. The van der Waals surface area contributed by atoms with Gasteiger partial charge in [-0.15, -0.1) is 0 Å². The fourth-order valence-corrected chi connectivity index (χ4v) is 6.41. The van der Waals surface area contributed by atoms with Gasteiger partial charge in [-0.05, 0) is 77.3 Å². The van der Waals surface area contributed by atoms with Crippen molar-refractivity contribution >= 4 is 11.9 Å². The third-order valence-corrected chi connectivity index (χ3v) is 7.97. The SMILES string of the molecule is Cc1nc2c(c(N3CCN(C(=O)OC(C)(C)C)C(CC#N)C3)n1)CCC1(CCCc3ccccc31)C2. The van der Waals surface area contributed by atoms with Gasteiger partial charge < -0.3 is 14.5 Å². The van der Waals surface area contributed by atoms with Crippen LogP contribution in [0.5, 0.6) is 0 Å². The summed E-state index contributed by atoms with van der Waals surface area (Å²) in [6.45, 7) is 9.33. The lowest BCUT2D eigenvalue weighted by molar-refractivity contribution is 0.0144. The quantitative estimate of drug-likeness (QED) is 0.600. The Morgan fingerprint density at radius 3 is 2.78 bits per heavy atom. The van der Waals surface area contributed by atoms with E-state index in [1.165, 1.54) is 41.6 Å². The van der Waals surface area contributed by atoms with Gasteiger partial charge in [0, 0.05) is 30.6 Å². The third kappa shape index (κ3) is 4.66. The van der Waals surface area contributed by atoms with Gasteiger partial charge in [-0.2, -0.15) is 5.26 Å². The Labute approximate surface area is 214 Å². The highest BCUT2D eigenvalue weighted by atomic mass is 16.6. The molecule has 7 heteroatoms. The Hall–Kier alpha value is -3.14. The molecule has 1 amide bonds. The monoisotopic (exact) mass is 487 g/mol. The van der Waals surface area contributed by atoms with E-state index in [2.05, 4.69) is 35.2 Å². The number of fused-ring (bicyclic) bond motifs is 3. The fraction of sp³-hybridized carbons (Fsp3) is 0.586. The molecule has 5 rings (SSSR count). The molecule has 2 aliphatic carbocycles. The van der Waals surface area contributed by atoms with Crippen molar-refractivity contribution in [2.45, 2.75) is 89.7 Å². The largest absolute Gasteiger partial charge is 0.444 e. The minimum atomic E-state index is -0.568. The van der Waals surface area contributed by atoms with Crippen molar-refractivity contribution < 1.29 is 9.53 Å². The number of carbonyl (C=O) groups is 1. The van der Waals surface area contributed by atoms with E-state index in [9.17, 15) is 10.1 Å². The predicted octanol–water partition coefficient (Wildman–Crippen LogP) is 4.89. The highest BCUT2D eigenvalue weighted by molar-refractivity contribution is 5.69. The van der Waals surface area contributed by atoms with E-state index in [0.29, 0.717) is 19.6 Å². The van der Waals surface area contributed by atoms with Gasteiger partial charge in [-0.3, -0.25) is 0 Å². The summed E-state index contributed by atoms with van der Waals surface area (Å²) < 4.78 is 5.63. The van der Waals surface area contributed by atoms with E-state index in [1.54, 1.807) is 4.90 Å². The van der Waals surface area contributed by atoms with E-state index >= 15 is 0 Å². The number of carbonyl (C=O) groups excluding carboxylic acids is 1. The molecule has 1 saturated heterocycles. The molecule has 3 aliphatic rings. The normalized spacial score (nSPS) is 23.6. The van der Waals surface area contributed by atoms with Gasteiger partial charge in [0.15, 0.2) is 0 Å². The molecular formula is C29H37N5O2. The van der Waals surface area contributed by atoms with E-state index in [4.69, 9.17) is 14.7 Å². The summed E-state index contributed by atoms with van der Waals surface area (Å²) in [5.74, 6) is 1.78. The van der Waals surface area contributed by atoms with Crippen LogP contribution >= 0.6 is 0 Å². The molecule has 7 nitrogen and oxygen atoms in total. The maximum atomic E-state index is 12.9. The van der Waals surface area contributed by atoms with Crippen LogP contribution in [0, 0.1) is 18.3 Å². The molecule has 2 aromatic rings. The number of piperazine rings is 1. The zero-order valence-corrected chi connectivity index (χ0v) is 22.0. The zero-order chi connectivity index (χ0) is 25.5. The fourth-order valence-electron chi connectivity index (χ4n) is 6.41. The van der Waals surface area contributed by atoms with Gasteiger partial charge in [0.2, 0.25) is 0 Å². The maximum Gasteiger partial charge on any atom is 0.410 e. The van der Waals surface area contributed by atoms with Crippen molar-refractivity contribution in [3.8, 4) is 6.07 Å². The maximum absolute atomic E-state index is 12.9. The van der Waals surface area contributed by atoms with E-state index in [0.717, 1.165) is 30.9 Å². The molecular weight excluding hydrogens is 450 g/mol. The van der Waals surface area contributed by atoms with E-state index in [-0.39, 0.29) is 24.0 Å². The van der Waals surface area contributed by atoms with Crippen LogP contribution in [0.25, 0.3) is 0 Å². The van der Waals surface area contributed by atoms with E-state index < -0.39 is 5.60 Å². The van der Waals surface area contributed by atoms with Crippen LogP contribution in [0.15, 0.2) is 24.3 Å². The first kappa shape index (κ1) is 24.5. The van der Waals surface area contributed by atoms with Crippen LogP contribution in [0.2, 0.25) is 0 Å². The average Bonchev–Trinajstić information content (AvgIpc) is 2.83. The number of ether oxygens (including phenoxy) is 1. The average molecular weight is 488 g/mol. The second-order valence-electron chi connectivity index (χ2n) is 11.6. The van der Waals surface area contributed by atoms with Gasteiger partial charge in [0.05, 0.1) is 24.2 Å². The molecule has 0 radical (unpaired) electrons. The van der Waals surface area contributed by atoms with Crippen molar-refractivity contribution in [1.82, 2.24) is 14.9 Å². The Morgan fingerprint density at radius 1 is 1.19 bits per heavy atom. The summed E-state index contributed by atoms with van der Waals surface area (Å²) in [4.78, 5) is 26.7. The second-order valence-corrected chi connectivity index (χ2v) is 11.6. The lowest BCUT2D eigenvalue weighted by Gasteiger charge is -2.45. The molecule has 36 heavy (non-hydrogen) atoms. The molecule has 1 fully saturated rings. The number of rotatable bonds is 2. The lowest BCUT2D eigenvalue weighted by Crippen LogP contribution is -2.56. The number of benzene rings is 1. The van der Waals surface area contributed by atoms with Gasteiger partial charge in [-0.25, -0.2) is 14.8 Å². The van der Waals surface area contributed by atoms with Gasteiger partial charge in [0.25, 0.3) is 0 Å². The number of nitrogens with zero attached hydrogens (tertiary/aromatic N) is 5. The van der Waals surface area contributed by atoms with Crippen molar-refractivity contribution in [2.75, 3.05) is 24.5 Å². The third-order valence-electron chi connectivity index (χ3n) is 7.97. The Bertz CT molecular complexity index is 1200. The summed E-state index contributed by atoms with van der Waals surface area (Å²) in [6.07, 6.45) is 6.54. The first-order chi connectivity index (χ1) is 17.2. The van der Waals surface area contributed by atoms with Gasteiger partial charge in [-0.1, -0.05) is 24.3 Å². The molecule has 1 spiro atoms. The molecule has 190 valence electrons. The van der Waals surface area contributed by atoms with Crippen LogP contribution in [-0.2, 0) is 29.4 Å². The summed E-state index contributed by atoms with van der Waals surface area (Å²) in [5, 5.41) is 9.49. The van der Waals surface area contributed by atoms with Crippen molar-refractivity contribution in [3.05, 3.63) is 52.5 Å². The topological polar surface area (TPSA) is 82.4 Å². The highest BCUT2D eigenvalue weighted by Gasteiger charge is 2.42. The number of aryl methyl sites for hydroxylation is 2. The summed E-state index contributed by atoms with van der Waals surface area (Å²) in [5.41, 5.74) is 5.03. The first-order valence-corrected chi connectivity index (χ1v) is 13.3. The number of nitriles is 1. The minimum absolute atomic E-state index is 0.165. The summed E-state index contributed by atoms with van der Waals surface area (Å²) >= 11 is 0. The van der Waals surface area contributed by atoms with Crippen molar-refractivity contribution in [3.63, 3.8) is 0 Å². The lowest BCUT2D eigenvalue weighted by atomic mass is 9.62. The van der Waals surface area contributed by atoms with Gasteiger partial charge in [0.1, 0.15) is 17.2 Å².